The topological polar surface area (TPSA) is 120 Å². The summed E-state index contributed by atoms with van der Waals surface area (Å²) in [5, 5.41) is 10.8. The van der Waals surface area contributed by atoms with Crippen molar-refractivity contribution in [1.29, 1.82) is 0 Å². The van der Waals surface area contributed by atoms with E-state index in [1.165, 1.54) is 39.7 Å². The van der Waals surface area contributed by atoms with Crippen molar-refractivity contribution in [2.75, 3.05) is 37.4 Å². The second-order valence-electron chi connectivity index (χ2n) is 10.6. The largest absolute Gasteiger partial charge is 0.395 e. The van der Waals surface area contributed by atoms with E-state index in [1.807, 2.05) is 37.3 Å². The van der Waals surface area contributed by atoms with Crippen molar-refractivity contribution < 1.29 is 27.1 Å². The van der Waals surface area contributed by atoms with Gasteiger partial charge in [0.2, 0.25) is 10.0 Å². The van der Waals surface area contributed by atoms with Gasteiger partial charge in [-0.15, -0.1) is 0 Å². The minimum atomic E-state index is -3.27. The first-order valence-electron chi connectivity index (χ1n) is 13.9. The summed E-state index contributed by atoms with van der Waals surface area (Å²) in [7, 11) is -3.27. The lowest BCUT2D eigenvalue weighted by Gasteiger charge is -2.25. The molecule has 1 aromatic heterocycles. The van der Waals surface area contributed by atoms with Crippen LogP contribution in [0.15, 0.2) is 66.7 Å². The van der Waals surface area contributed by atoms with Gasteiger partial charge < -0.3 is 20.7 Å². The van der Waals surface area contributed by atoms with Gasteiger partial charge in [0.25, 0.3) is 12.3 Å². The summed E-state index contributed by atoms with van der Waals surface area (Å²) in [5.74, 6) is -0.407. The van der Waals surface area contributed by atoms with E-state index in [-0.39, 0.29) is 24.3 Å². The number of sulfonamides is 1. The summed E-state index contributed by atoms with van der Waals surface area (Å²) in [6.45, 7) is 2.67. The van der Waals surface area contributed by atoms with E-state index in [0.29, 0.717) is 31.7 Å². The van der Waals surface area contributed by atoms with E-state index >= 15 is 0 Å². The zero-order valence-electron chi connectivity index (χ0n) is 24.0. The fraction of sp³-hybridized carbons (Fsp3) is 0.281. The number of benzene rings is 3. The van der Waals surface area contributed by atoms with Crippen molar-refractivity contribution in [2.45, 2.75) is 26.3 Å². The maximum absolute atomic E-state index is 13.5. The number of nitrogens with zero attached hydrogens (tertiary/aromatic N) is 2. The van der Waals surface area contributed by atoms with E-state index in [4.69, 9.17) is 5.73 Å². The van der Waals surface area contributed by atoms with Crippen molar-refractivity contribution in [3.63, 3.8) is 0 Å². The third-order valence-corrected chi connectivity index (χ3v) is 9.22. The lowest BCUT2D eigenvalue weighted by molar-refractivity contribution is 0.0980. The van der Waals surface area contributed by atoms with Crippen LogP contribution in [-0.4, -0.2) is 61.2 Å². The molecule has 0 fully saturated rings. The first-order chi connectivity index (χ1) is 20.5. The number of rotatable bonds is 9. The zero-order valence-corrected chi connectivity index (χ0v) is 24.8. The molecule has 1 amide bonds. The van der Waals surface area contributed by atoms with Crippen LogP contribution in [0, 0.1) is 6.92 Å². The molecular weight excluding hydrogens is 574 g/mol. The van der Waals surface area contributed by atoms with E-state index in [1.54, 1.807) is 6.07 Å². The molecule has 43 heavy (non-hydrogen) atoms. The van der Waals surface area contributed by atoms with E-state index < -0.39 is 22.4 Å². The Labute approximate surface area is 249 Å². The first kappa shape index (κ1) is 30.6. The average Bonchev–Trinajstić information content (AvgIpc) is 3.45. The summed E-state index contributed by atoms with van der Waals surface area (Å²) < 4.78 is 51.5. The van der Waals surface area contributed by atoms with E-state index in [9.17, 15) is 27.1 Å². The number of H-pyrrole nitrogens is 1. The highest BCUT2D eigenvalue weighted by Crippen LogP contribution is 2.38. The summed E-state index contributed by atoms with van der Waals surface area (Å²) in [4.78, 5) is 18.5. The molecule has 5 rings (SSSR count). The normalized spacial score (nSPS) is 14.3. The molecule has 226 valence electrons. The maximum Gasteiger partial charge on any atom is 0.263 e. The highest BCUT2D eigenvalue weighted by atomic mass is 32.2. The molecule has 1 aliphatic rings. The molecule has 2 heterocycles. The lowest BCUT2D eigenvalue weighted by atomic mass is 9.94. The summed E-state index contributed by atoms with van der Waals surface area (Å²) >= 11 is 0. The molecule has 11 heteroatoms. The quantitative estimate of drug-likeness (QED) is 0.241. The Hall–Kier alpha value is -3.90. The van der Waals surface area contributed by atoms with Crippen LogP contribution in [0.4, 0.5) is 14.5 Å². The summed E-state index contributed by atoms with van der Waals surface area (Å²) in [5.41, 5.74) is 13.1. The van der Waals surface area contributed by atoms with Crippen LogP contribution in [0.5, 0.6) is 0 Å². The monoisotopic (exact) mass is 608 g/mol. The number of fused-ring (bicyclic) bond motifs is 1. The van der Waals surface area contributed by atoms with E-state index in [2.05, 4.69) is 11.1 Å². The number of anilines is 1. The van der Waals surface area contributed by atoms with Gasteiger partial charge in [-0.1, -0.05) is 42.5 Å². The Bertz CT molecular complexity index is 1800. The molecule has 1 aliphatic heterocycles. The molecule has 0 spiro atoms. The van der Waals surface area contributed by atoms with Crippen LogP contribution in [-0.2, 0) is 16.6 Å². The standard InChI is InChI=1S/C32H34F2N4O4S/c1-20-25(4-3-5-29(20)38(16-17-39)32(40)23-8-6-22(7-9-23)31(33)34)26-11-10-24(19-35)30-27(26)18-28(36-30)21-12-14-37(15-13-21)43(2,41)42/h3-12,18,31,36,39H,13-17,19,35H2,1-2H3. The Kier molecular flexibility index (Phi) is 8.79. The van der Waals surface area contributed by atoms with Gasteiger partial charge >= 0.3 is 0 Å². The minimum Gasteiger partial charge on any atom is -0.395 e. The number of hydrogen-bond donors (Lipinski definition) is 3. The van der Waals surface area contributed by atoms with Crippen LogP contribution in [0.1, 0.15) is 45.6 Å². The number of nitrogens with two attached hydrogens (primary N) is 1. The minimum absolute atomic E-state index is 0.0220. The second kappa shape index (κ2) is 12.4. The Morgan fingerprint density at radius 1 is 1.12 bits per heavy atom. The highest BCUT2D eigenvalue weighted by Gasteiger charge is 2.24. The predicted molar refractivity (Wildman–Crippen MR) is 166 cm³/mol. The van der Waals surface area contributed by atoms with Crippen LogP contribution in [0.3, 0.4) is 0 Å². The molecule has 3 aromatic carbocycles. The molecular formula is C32H34F2N4O4S. The molecule has 0 bridgehead atoms. The van der Waals surface area contributed by atoms with Gasteiger partial charge in [-0.2, -0.15) is 4.31 Å². The smallest absolute Gasteiger partial charge is 0.263 e. The van der Waals surface area contributed by atoms with Crippen LogP contribution < -0.4 is 10.6 Å². The Balaban J connectivity index is 1.56. The number of alkyl halides is 2. The van der Waals surface area contributed by atoms with Crippen molar-refractivity contribution >= 4 is 38.1 Å². The van der Waals surface area contributed by atoms with Gasteiger partial charge in [-0.3, -0.25) is 4.79 Å². The number of carbonyl (C=O) groups excluding carboxylic acids is 1. The fourth-order valence-electron chi connectivity index (χ4n) is 5.62. The highest BCUT2D eigenvalue weighted by molar-refractivity contribution is 7.88. The predicted octanol–water partition coefficient (Wildman–Crippen LogP) is 5.23. The van der Waals surface area contributed by atoms with Crippen molar-refractivity contribution in [2.24, 2.45) is 5.73 Å². The fourth-order valence-corrected chi connectivity index (χ4v) is 6.39. The van der Waals surface area contributed by atoms with Gasteiger partial charge in [0.15, 0.2) is 0 Å². The molecule has 0 saturated heterocycles. The second-order valence-corrected chi connectivity index (χ2v) is 12.6. The van der Waals surface area contributed by atoms with Gasteiger partial charge in [0.05, 0.1) is 18.4 Å². The molecule has 0 saturated carbocycles. The van der Waals surface area contributed by atoms with Crippen LogP contribution in [0.25, 0.3) is 27.6 Å². The van der Waals surface area contributed by atoms with Gasteiger partial charge in [-0.25, -0.2) is 17.2 Å². The first-order valence-corrected chi connectivity index (χ1v) is 15.8. The number of hydrogen-bond acceptors (Lipinski definition) is 5. The number of carbonyl (C=O) groups is 1. The number of aromatic amines is 1. The lowest BCUT2D eigenvalue weighted by Crippen LogP contribution is -2.34. The summed E-state index contributed by atoms with van der Waals surface area (Å²) in [6.07, 6.45) is 1.07. The molecule has 0 unspecified atom stereocenters. The maximum atomic E-state index is 13.5. The van der Waals surface area contributed by atoms with Gasteiger partial charge in [0, 0.05) is 54.1 Å². The molecule has 4 N–H and O–H groups in total. The van der Waals surface area contributed by atoms with Crippen molar-refractivity contribution in [3.8, 4) is 11.1 Å². The molecule has 0 atom stereocenters. The number of aliphatic hydroxyl groups is 1. The Morgan fingerprint density at radius 2 is 1.86 bits per heavy atom. The third-order valence-electron chi connectivity index (χ3n) is 7.95. The van der Waals surface area contributed by atoms with E-state index in [0.717, 1.165) is 44.4 Å². The van der Waals surface area contributed by atoms with Gasteiger partial charge in [-0.05, 0) is 65.4 Å². The zero-order chi connectivity index (χ0) is 30.9. The van der Waals surface area contributed by atoms with Crippen LogP contribution in [0.2, 0.25) is 0 Å². The molecule has 4 aromatic rings. The number of halogens is 2. The third kappa shape index (κ3) is 6.12. The Morgan fingerprint density at radius 3 is 2.47 bits per heavy atom. The SMILES string of the molecule is Cc1c(-c2ccc(CN)c3[nH]c(C4=CCN(S(C)(=O)=O)CC4)cc23)cccc1N(CCO)C(=O)c1ccc(C(F)F)cc1. The van der Waals surface area contributed by atoms with Crippen molar-refractivity contribution in [1.82, 2.24) is 9.29 Å². The average molecular weight is 609 g/mol. The molecule has 0 aliphatic carbocycles. The number of aromatic nitrogens is 1. The summed E-state index contributed by atoms with van der Waals surface area (Å²) in [6, 6.07) is 16.8. The van der Waals surface area contributed by atoms with Crippen molar-refractivity contribution in [3.05, 3.63) is 94.7 Å². The molecule has 8 nitrogen and oxygen atoms in total. The number of aliphatic hydroxyl groups excluding tert-OH is 1. The number of nitrogens with one attached hydrogen (secondary N) is 1. The number of amides is 1. The van der Waals surface area contributed by atoms with Crippen LogP contribution >= 0.6 is 0 Å². The molecule has 0 radical (unpaired) electrons. The van der Waals surface area contributed by atoms with Gasteiger partial charge in [0.1, 0.15) is 0 Å².